The van der Waals surface area contributed by atoms with Gasteiger partial charge in [-0.3, -0.25) is 0 Å². The summed E-state index contributed by atoms with van der Waals surface area (Å²) in [4.78, 5) is 14.2. The molecule has 0 aliphatic rings. The fourth-order valence-electron chi connectivity index (χ4n) is 4.64. The third-order valence-corrected chi connectivity index (χ3v) is 7.23. The topological polar surface area (TPSA) is 57.5 Å². The van der Waals surface area contributed by atoms with Crippen LogP contribution in [0.4, 0.5) is 0 Å². The van der Waals surface area contributed by atoms with Gasteiger partial charge in [0.25, 0.3) is 0 Å². The normalized spacial score (nSPS) is 10.9. The van der Waals surface area contributed by atoms with Crippen LogP contribution >= 0.6 is 8.25 Å². The van der Waals surface area contributed by atoms with Gasteiger partial charge in [0.15, 0.2) is 0 Å². The van der Waals surface area contributed by atoms with Crippen LogP contribution in [0.2, 0.25) is 0 Å². The SMILES string of the molecule is CCCCCCCCC=CCCCCCCCC.CCCCCCCCC=CCCCCCCCC.O=[P+](O)O. The quantitative estimate of drug-likeness (QED) is 0.0545. The highest BCUT2D eigenvalue weighted by Crippen LogP contribution is 2.11. The van der Waals surface area contributed by atoms with Gasteiger partial charge < -0.3 is 0 Å². The van der Waals surface area contributed by atoms with Crippen molar-refractivity contribution in [1.29, 1.82) is 0 Å². The molecule has 0 aromatic carbocycles. The first-order chi connectivity index (χ1) is 19.6. The van der Waals surface area contributed by atoms with E-state index >= 15 is 0 Å². The van der Waals surface area contributed by atoms with E-state index in [0.29, 0.717) is 0 Å². The average Bonchev–Trinajstić information content (AvgIpc) is 2.93. The Morgan fingerprint density at radius 1 is 0.350 bits per heavy atom. The van der Waals surface area contributed by atoms with Gasteiger partial charge in [0.05, 0.1) is 0 Å². The summed E-state index contributed by atoms with van der Waals surface area (Å²) in [5.74, 6) is 0. The van der Waals surface area contributed by atoms with Gasteiger partial charge in [-0.1, -0.05) is 180 Å². The zero-order chi connectivity index (χ0) is 30.2. The molecule has 0 rings (SSSR count). The first-order valence-corrected chi connectivity index (χ1v) is 18.9. The molecule has 0 radical (unpaired) electrons. The molecule has 0 saturated carbocycles. The van der Waals surface area contributed by atoms with Crippen LogP contribution in [0.5, 0.6) is 0 Å². The van der Waals surface area contributed by atoms with Gasteiger partial charge in [0.2, 0.25) is 0 Å². The van der Waals surface area contributed by atoms with Crippen molar-refractivity contribution >= 4 is 8.25 Å². The Hall–Kier alpha value is -0.500. The highest BCUT2D eigenvalue weighted by molar-refractivity contribution is 7.30. The zero-order valence-electron chi connectivity index (χ0n) is 27.9. The minimum Gasteiger partial charge on any atom is -0.134 e. The van der Waals surface area contributed by atoms with E-state index in [4.69, 9.17) is 14.4 Å². The molecule has 3 nitrogen and oxygen atoms in total. The van der Waals surface area contributed by atoms with Crippen molar-refractivity contribution in [3.63, 3.8) is 0 Å². The maximum atomic E-state index is 8.70. The predicted octanol–water partition coefficient (Wildman–Crippen LogP) is 13.7. The average molecular weight is 586 g/mol. The highest BCUT2D eigenvalue weighted by atomic mass is 31.1. The van der Waals surface area contributed by atoms with Crippen molar-refractivity contribution in [2.24, 2.45) is 0 Å². The minimum atomic E-state index is -2.87. The number of allylic oxidation sites excluding steroid dienone is 4. The van der Waals surface area contributed by atoms with Gasteiger partial charge >= 0.3 is 8.25 Å². The summed E-state index contributed by atoms with van der Waals surface area (Å²) in [6.45, 7) is 9.13. The van der Waals surface area contributed by atoms with Crippen LogP contribution in [0, 0.1) is 0 Å². The van der Waals surface area contributed by atoms with Crippen LogP contribution in [0.15, 0.2) is 24.3 Å². The molecule has 0 aromatic rings. The van der Waals surface area contributed by atoms with Gasteiger partial charge in [-0.05, 0) is 51.4 Å². The number of unbranched alkanes of at least 4 members (excludes halogenated alkanes) is 24. The van der Waals surface area contributed by atoms with E-state index in [1.165, 1.54) is 180 Å². The molecule has 0 bridgehead atoms. The highest BCUT2D eigenvalue weighted by Gasteiger charge is 1.93. The Morgan fingerprint density at radius 3 is 0.675 bits per heavy atom. The van der Waals surface area contributed by atoms with Crippen LogP contribution in [-0.2, 0) is 4.57 Å². The molecule has 0 spiro atoms. The zero-order valence-corrected chi connectivity index (χ0v) is 28.8. The molecule has 0 aromatic heterocycles. The van der Waals surface area contributed by atoms with Gasteiger partial charge in [-0.2, -0.15) is 0 Å². The van der Waals surface area contributed by atoms with Gasteiger partial charge in [0.1, 0.15) is 0 Å². The molecule has 0 aliphatic carbocycles. The van der Waals surface area contributed by atoms with Gasteiger partial charge in [-0.25, -0.2) is 0 Å². The molecular weight excluding hydrogens is 511 g/mol. The second kappa shape index (κ2) is 45.5. The van der Waals surface area contributed by atoms with Crippen molar-refractivity contribution in [3.8, 4) is 0 Å². The molecule has 4 heteroatoms. The van der Waals surface area contributed by atoms with E-state index in [0.717, 1.165) is 0 Å². The van der Waals surface area contributed by atoms with Gasteiger partial charge in [-0.15, -0.1) is 9.79 Å². The van der Waals surface area contributed by atoms with E-state index in [-0.39, 0.29) is 0 Å². The third kappa shape index (κ3) is 57.4. The van der Waals surface area contributed by atoms with Crippen molar-refractivity contribution < 1.29 is 14.4 Å². The summed E-state index contributed by atoms with van der Waals surface area (Å²) in [6.07, 6.45) is 48.9. The summed E-state index contributed by atoms with van der Waals surface area (Å²) in [5.41, 5.74) is 0. The fourth-order valence-corrected chi connectivity index (χ4v) is 4.64. The van der Waals surface area contributed by atoms with Gasteiger partial charge in [0, 0.05) is 4.57 Å². The van der Waals surface area contributed by atoms with Crippen LogP contribution in [0.3, 0.4) is 0 Å². The molecule has 2 N–H and O–H groups in total. The van der Waals surface area contributed by atoms with Crippen molar-refractivity contribution in [1.82, 2.24) is 0 Å². The molecule has 0 atom stereocenters. The Morgan fingerprint density at radius 2 is 0.500 bits per heavy atom. The van der Waals surface area contributed by atoms with E-state index < -0.39 is 8.25 Å². The second-order valence-corrected chi connectivity index (χ2v) is 11.9. The molecule has 0 heterocycles. The number of hydrogen-bond donors (Lipinski definition) is 2. The molecule has 40 heavy (non-hydrogen) atoms. The smallest absolute Gasteiger partial charge is 0.134 e. The molecule has 0 saturated heterocycles. The molecule has 0 amide bonds. The summed E-state index contributed by atoms with van der Waals surface area (Å²) in [5, 5.41) is 0. The summed E-state index contributed by atoms with van der Waals surface area (Å²) in [7, 11) is -2.87. The lowest BCUT2D eigenvalue weighted by atomic mass is 10.1. The molecular formula is C36H74O3P+. The minimum absolute atomic E-state index is 1.31. The van der Waals surface area contributed by atoms with Crippen LogP contribution in [-0.4, -0.2) is 9.79 Å². The lowest BCUT2D eigenvalue weighted by molar-refractivity contribution is 0.405. The molecule has 240 valence electrons. The van der Waals surface area contributed by atoms with E-state index in [1.54, 1.807) is 0 Å². The molecule has 0 aliphatic heterocycles. The predicted molar refractivity (Wildman–Crippen MR) is 182 cm³/mol. The standard InChI is InChI=1S/2C18H36.HO3P/c2*1-3-5-7-9-11-13-15-17-18-16-14-12-10-8-6-4-2;1-4(2)3/h2*17-18H,3-16H2,1-2H3;(H-,1,2,3)/p+1. The van der Waals surface area contributed by atoms with Crippen molar-refractivity contribution in [2.75, 3.05) is 0 Å². The number of rotatable bonds is 28. The lowest BCUT2D eigenvalue weighted by Crippen LogP contribution is -1.79. The van der Waals surface area contributed by atoms with Crippen LogP contribution in [0.1, 0.15) is 207 Å². The van der Waals surface area contributed by atoms with Crippen molar-refractivity contribution in [2.45, 2.75) is 207 Å². The molecule has 0 fully saturated rings. The van der Waals surface area contributed by atoms with Crippen LogP contribution < -0.4 is 0 Å². The maximum Gasteiger partial charge on any atom is 0.692 e. The number of hydrogen-bond acceptors (Lipinski definition) is 1. The second-order valence-electron chi connectivity index (χ2n) is 11.4. The Kier molecular flexibility index (Phi) is 50.0. The Bertz CT molecular complexity index is 412. The van der Waals surface area contributed by atoms with Crippen molar-refractivity contribution in [3.05, 3.63) is 24.3 Å². The lowest BCUT2D eigenvalue weighted by Gasteiger charge is -1.98. The monoisotopic (exact) mass is 586 g/mol. The largest absolute Gasteiger partial charge is 0.692 e. The molecule has 0 unspecified atom stereocenters. The Labute approximate surface area is 254 Å². The Balaban J connectivity index is -0.000000603. The first kappa shape index (κ1) is 43.9. The van der Waals surface area contributed by atoms with E-state index in [9.17, 15) is 0 Å². The summed E-state index contributed by atoms with van der Waals surface area (Å²) >= 11 is 0. The van der Waals surface area contributed by atoms with E-state index in [2.05, 4.69) is 52.0 Å². The summed E-state index contributed by atoms with van der Waals surface area (Å²) in [6, 6.07) is 0. The van der Waals surface area contributed by atoms with E-state index in [1.807, 2.05) is 0 Å². The third-order valence-electron chi connectivity index (χ3n) is 7.23. The maximum absolute atomic E-state index is 8.70. The van der Waals surface area contributed by atoms with Crippen LogP contribution in [0.25, 0.3) is 0 Å². The fraction of sp³-hybridized carbons (Fsp3) is 0.889. The first-order valence-electron chi connectivity index (χ1n) is 17.7. The summed E-state index contributed by atoms with van der Waals surface area (Å²) < 4.78 is 8.70.